The molecule has 1 aromatic heterocycles. The monoisotopic (exact) mass is 393 g/mol. The Morgan fingerprint density at radius 2 is 1.70 bits per heavy atom. The van der Waals surface area contributed by atoms with E-state index in [0.29, 0.717) is 10.8 Å². The number of alkyl halides is 3. The van der Waals surface area contributed by atoms with Crippen molar-refractivity contribution in [2.75, 3.05) is 17.7 Å². The van der Waals surface area contributed by atoms with Crippen molar-refractivity contribution in [2.24, 2.45) is 0 Å². The van der Waals surface area contributed by atoms with Crippen LogP contribution >= 0.6 is 11.3 Å². The average molecular weight is 393 g/mol. The van der Waals surface area contributed by atoms with Gasteiger partial charge in [0.05, 0.1) is 18.4 Å². The van der Waals surface area contributed by atoms with Gasteiger partial charge < -0.3 is 10.1 Å². The zero-order valence-corrected chi connectivity index (χ0v) is 14.8. The first kappa shape index (κ1) is 18.7. The summed E-state index contributed by atoms with van der Waals surface area (Å²) in [5.41, 5.74) is 1.01. The number of aromatic nitrogens is 1. The second kappa shape index (κ2) is 7.67. The first-order valence-corrected chi connectivity index (χ1v) is 8.58. The quantitative estimate of drug-likeness (QED) is 0.617. The molecule has 0 bridgehead atoms. The molecular weight excluding hydrogens is 379 g/mol. The predicted molar refractivity (Wildman–Crippen MR) is 98.2 cm³/mol. The number of ether oxygens (including phenoxy) is 1. The Morgan fingerprint density at radius 1 is 1.04 bits per heavy atom. The lowest BCUT2D eigenvalue weighted by molar-refractivity contribution is -0.137. The summed E-state index contributed by atoms with van der Waals surface area (Å²) in [6.45, 7) is 0. The normalized spacial score (nSPS) is 11.1. The van der Waals surface area contributed by atoms with Crippen LogP contribution in [0, 0.1) is 0 Å². The SMILES string of the molecule is COc1ccc(-c2csc(NC(=O)Nc3ccc(C(F)(F)F)cc3)n2)cc1. The molecular formula is C18H14F3N3O2S. The summed E-state index contributed by atoms with van der Waals surface area (Å²) in [5.74, 6) is 0.725. The fourth-order valence-electron chi connectivity index (χ4n) is 2.23. The standard InChI is InChI=1S/C18H14F3N3O2S/c1-26-14-8-2-11(3-9-14)15-10-27-17(23-15)24-16(25)22-13-6-4-12(5-7-13)18(19,20)21/h2-10H,1H3,(H2,22,23,24,25). The minimum atomic E-state index is -4.42. The van der Waals surface area contributed by atoms with Crippen molar-refractivity contribution < 1.29 is 22.7 Å². The minimum Gasteiger partial charge on any atom is -0.497 e. The van der Waals surface area contributed by atoms with Crippen molar-refractivity contribution in [3.05, 3.63) is 59.5 Å². The van der Waals surface area contributed by atoms with Crippen LogP contribution in [0.3, 0.4) is 0 Å². The molecule has 2 amide bonds. The highest BCUT2D eigenvalue weighted by atomic mass is 32.1. The van der Waals surface area contributed by atoms with Gasteiger partial charge in [0.2, 0.25) is 0 Å². The van der Waals surface area contributed by atoms with Gasteiger partial charge >= 0.3 is 12.2 Å². The van der Waals surface area contributed by atoms with Gasteiger partial charge in [0.1, 0.15) is 5.75 Å². The number of rotatable bonds is 4. The Kier molecular flexibility index (Phi) is 5.31. The third-order valence-corrected chi connectivity index (χ3v) is 4.34. The van der Waals surface area contributed by atoms with Crippen molar-refractivity contribution in [1.82, 2.24) is 4.98 Å². The summed E-state index contributed by atoms with van der Waals surface area (Å²) >= 11 is 1.24. The van der Waals surface area contributed by atoms with E-state index in [4.69, 9.17) is 4.74 Å². The van der Waals surface area contributed by atoms with Crippen LogP contribution in [0.5, 0.6) is 5.75 Å². The molecule has 27 heavy (non-hydrogen) atoms. The number of carbonyl (C=O) groups is 1. The molecule has 9 heteroatoms. The van der Waals surface area contributed by atoms with Gasteiger partial charge in [0.15, 0.2) is 5.13 Å². The molecule has 0 atom stereocenters. The van der Waals surface area contributed by atoms with Crippen LogP contribution in [0.1, 0.15) is 5.56 Å². The van der Waals surface area contributed by atoms with E-state index in [1.165, 1.54) is 23.5 Å². The Labute approximate surface area is 156 Å². The lowest BCUT2D eigenvalue weighted by Crippen LogP contribution is -2.19. The number of urea groups is 1. The number of nitrogens with one attached hydrogen (secondary N) is 2. The molecule has 0 fully saturated rings. The minimum absolute atomic E-state index is 0.243. The molecule has 0 spiro atoms. The smallest absolute Gasteiger partial charge is 0.416 e. The molecule has 0 aliphatic rings. The molecule has 0 saturated heterocycles. The molecule has 2 N–H and O–H groups in total. The van der Waals surface area contributed by atoms with Crippen LogP contribution in [0.4, 0.5) is 28.8 Å². The van der Waals surface area contributed by atoms with E-state index in [-0.39, 0.29) is 5.69 Å². The number of carbonyl (C=O) groups excluding carboxylic acids is 1. The Hall–Kier alpha value is -3.07. The maximum absolute atomic E-state index is 12.5. The third kappa shape index (κ3) is 4.76. The van der Waals surface area contributed by atoms with Crippen LogP contribution < -0.4 is 15.4 Å². The van der Waals surface area contributed by atoms with E-state index < -0.39 is 17.8 Å². The third-order valence-electron chi connectivity index (χ3n) is 3.58. The molecule has 0 aliphatic carbocycles. The van der Waals surface area contributed by atoms with E-state index in [1.54, 1.807) is 24.6 Å². The van der Waals surface area contributed by atoms with Crippen molar-refractivity contribution in [1.29, 1.82) is 0 Å². The maximum atomic E-state index is 12.5. The van der Waals surface area contributed by atoms with E-state index in [0.717, 1.165) is 23.4 Å². The Morgan fingerprint density at radius 3 is 2.30 bits per heavy atom. The first-order chi connectivity index (χ1) is 12.8. The molecule has 3 aromatic rings. The maximum Gasteiger partial charge on any atom is 0.416 e. The number of methoxy groups -OCH3 is 1. The number of nitrogens with zero attached hydrogens (tertiary/aromatic N) is 1. The number of anilines is 2. The summed E-state index contributed by atoms with van der Waals surface area (Å²) in [4.78, 5) is 16.3. The summed E-state index contributed by atoms with van der Waals surface area (Å²) in [6, 6.07) is 10.9. The Bertz CT molecular complexity index is 922. The highest BCUT2D eigenvalue weighted by Crippen LogP contribution is 2.30. The van der Waals surface area contributed by atoms with Crippen LogP contribution in [-0.4, -0.2) is 18.1 Å². The number of benzene rings is 2. The number of halogens is 3. The molecule has 5 nitrogen and oxygen atoms in total. The van der Waals surface area contributed by atoms with Crippen LogP contribution in [0.15, 0.2) is 53.9 Å². The van der Waals surface area contributed by atoms with Gasteiger partial charge in [0, 0.05) is 16.6 Å². The molecule has 0 saturated carbocycles. The summed E-state index contributed by atoms with van der Waals surface area (Å²) < 4.78 is 42.7. The number of amides is 2. The van der Waals surface area contributed by atoms with Gasteiger partial charge in [0.25, 0.3) is 0 Å². The highest BCUT2D eigenvalue weighted by Gasteiger charge is 2.29. The van der Waals surface area contributed by atoms with Crippen LogP contribution in [-0.2, 0) is 6.18 Å². The van der Waals surface area contributed by atoms with Crippen LogP contribution in [0.2, 0.25) is 0 Å². The Balaban J connectivity index is 1.62. The molecule has 0 aliphatic heterocycles. The summed E-state index contributed by atoms with van der Waals surface area (Å²) in [7, 11) is 1.58. The van der Waals surface area contributed by atoms with Gasteiger partial charge in [-0.1, -0.05) is 0 Å². The van der Waals surface area contributed by atoms with Crippen molar-refractivity contribution in [3.63, 3.8) is 0 Å². The molecule has 3 rings (SSSR count). The van der Waals surface area contributed by atoms with E-state index in [9.17, 15) is 18.0 Å². The average Bonchev–Trinajstić information content (AvgIpc) is 3.09. The molecule has 2 aromatic carbocycles. The van der Waals surface area contributed by atoms with Crippen molar-refractivity contribution >= 4 is 28.2 Å². The highest BCUT2D eigenvalue weighted by molar-refractivity contribution is 7.14. The largest absolute Gasteiger partial charge is 0.497 e. The summed E-state index contributed by atoms with van der Waals surface area (Å²) in [5, 5.41) is 7.18. The lowest BCUT2D eigenvalue weighted by Gasteiger charge is -2.08. The van der Waals surface area contributed by atoms with Crippen LogP contribution in [0.25, 0.3) is 11.3 Å². The zero-order chi connectivity index (χ0) is 19.4. The predicted octanol–water partition coefficient (Wildman–Crippen LogP) is 5.48. The second-order valence-electron chi connectivity index (χ2n) is 5.42. The van der Waals surface area contributed by atoms with Gasteiger partial charge in [-0.05, 0) is 48.5 Å². The first-order valence-electron chi connectivity index (χ1n) is 7.70. The van der Waals surface area contributed by atoms with Gasteiger partial charge in [-0.2, -0.15) is 13.2 Å². The molecule has 1 heterocycles. The zero-order valence-electron chi connectivity index (χ0n) is 14.0. The molecule has 0 radical (unpaired) electrons. The number of hydrogen-bond acceptors (Lipinski definition) is 4. The second-order valence-corrected chi connectivity index (χ2v) is 6.28. The number of thiazole rings is 1. The van der Waals surface area contributed by atoms with Crippen molar-refractivity contribution in [3.8, 4) is 17.0 Å². The summed E-state index contributed by atoms with van der Waals surface area (Å²) in [6.07, 6.45) is -4.42. The fourth-order valence-corrected chi connectivity index (χ4v) is 2.94. The number of hydrogen-bond donors (Lipinski definition) is 2. The van der Waals surface area contributed by atoms with E-state index in [1.807, 2.05) is 12.1 Å². The van der Waals surface area contributed by atoms with Gasteiger partial charge in [-0.15, -0.1) is 11.3 Å². The topological polar surface area (TPSA) is 63.2 Å². The van der Waals surface area contributed by atoms with E-state index >= 15 is 0 Å². The van der Waals surface area contributed by atoms with Crippen molar-refractivity contribution in [2.45, 2.75) is 6.18 Å². The van der Waals surface area contributed by atoms with E-state index in [2.05, 4.69) is 15.6 Å². The lowest BCUT2D eigenvalue weighted by atomic mass is 10.2. The molecule has 140 valence electrons. The van der Waals surface area contributed by atoms with Gasteiger partial charge in [-0.25, -0.2) is 9.78 Å². The van der Waals surface area contributed by atoms with Gasteiger partial charge in [-0.3, -0.25) is 5.32 Å². The fraction of sp³-hybridized carbons (Fsp3) is 0.111. The molecule has 0 unspecified atom stereocenters.